The highest BCUT2D eigenvalue weighted by Gasteiger charge is 2.42. The number of aromatic carboxylic acids is 1. The molecule has 4 aromatic rings. The zero-order chi connectivity index (χ0) is 33.5. The van der Waals surface area contributed by atoms with Crippen molar-refractivity contribution in [1.29, 1.82) is 0 Å². The van der Waals surface area contributed by atoms with Crippen LogP contribution in [0.1, 0.15) is 45.8 Å². The molecule has 3 aromatic carbocycles. The molecule has 1 aromatic heterocycles. The van der Waals surface area contributed by atoms with Crippen LogP contribution in [-0.4, -0.2) is 59.3 Å². The SMILES string of the molecule is COc1ccc(-c2ccc(C(=O)O)cc2C)cc1-c1cnc(N(C)C)nc1CN1C(=O)O[C@H](c2cc(Cl)cc(C(F)(F)F)c2)[C@@H]1C. The monoisotopic (exact) mass is 654 g/mol. The number of halogens is 4. The van der Waals surface area contributed by atoms with Gasteiger partial charge >= 0.3 is 18.2 Å². The molecule has 13 heteroatoms. The maximum Gasteiger partial charge on any atom is 0.416 e. The topological polar surface area (TPSA) is 105 Å². The van der Waals surface area contributed by atoms with Crippen molar-refractivity contribution in [1.82, 2.24) is 14.9 Å². The van der Waals surface area contributed by atoms with Crippen LogP contribution in [-0.2, 0) is 17.5 Å². The number of cyclic esters (lactones) is 1. The van der Waals surface area contributed by atoms with Crippen LogP contribution in [0.25, 0.3) is 22.3 Å². The van der Waals surface area contributed by atoms with Crippen molar-refractivity contribution in [3.8, 4) is 28.0 Å². The van der Waals surface area contributed by atoms with Crippen molar-refractivity contribution in [2.75, 3.05) is 26.1 Å². The van der Waals surface area contributed by atoms with Gasteiger partial charge in [-0.15, -0.1) is 0 Å². The molecular weight excluding hydrogens is 625 g/mol. The third-order valence-electron chi connectivity index (χ3n) is 7.82. The van der Waals surface area contributed by atoms with Crippen LogP contribution >= 0.6 is 11.6 Å². The third-order valence-corrected chi connectivity index (χ3v) is 8.04. The van der Waals surface area contributed by atoms with Crippen LogP contribution in [0.4, 0.5) is 23.9 Å². The van der Waals surface area contributed by atoms with Gasteiger partial charge in [-0.1, -0.05) is 23.7 Å². The molecule has 2 atom stereocenters. The number of aromatic nitrogens is 2. The number of carboxylic acids is 1. The quantitative estimate of drug-likeness (QED) is 0.207. The van der Waals surface area contributed by atoms with Gasteiger partial charge in [0, 0.05) is 36.4 Å². The lowest BCUT2D eigenvalue weighted by Crippen LogP contribution is -2.32. The van der Waals surface area contributed by atoms with E-state index >= 15 is 0 Å². The highest BCUT2D eigenvalue weighted by atomic mass is 35.5. The molecule has 2 heterocycles. The van der Waals surface area contributed by atoms with E-state index in [1.54, 1.807) is 50.3 Å². The number of carbonyl (C=O) groups excluding carboxylic acids is 1. The predicted molar refractivity (Wildman–Crippen MR) is 166 cm³/mol. The highest BCUT2D eigenvalue weighted by molar-refractivity contribution is 6.30. The molecule has 1 aliphatic rings. The van der Waals surface area contributed by atoms with Gasteiger partial charge in [0.05, 0.1) is 36.5 Å². The minimum atomic E-state index is -4.63. The first kappa shape index (κ1) is 32.6. The molecule has 9 nitrogen and oxygen atoms in total. The van der Waals surface area contributed by atoms with Crippen molar-refractivity contribution in [3.05, 3.63) is 93.8 Å². The number of rotatable bonds is 8. The predicted octanol–water partition coefficient (Wildman–Crippen LogP) is 7.65. The summed E-state index contributed by atoms with van der Waals surface area (Å²) in [6.45, 7) is 3.45. The molecule has 1 aliphatic heterocycles. The summed E-state index contributed by atoms with van der Waals surface area (Å²) in [4.78, 5) is 37.0. The van der Waals surface area contributed by atoms with E-state index in [1.807, 2.05) is 19.1 Å². The molecule has 1 fully saturated rings. The van der Waals surface area contributed by atoms with E-state index in [9.17, 15) is 27.9 Å². The summed E-state index contributed by atoms with van der Waals surface area (Å²) in [5.41, 5.74) is 3.30. The third kappa shape index (κ3) is 6.43. The van der Waals surface area contributed by atoms with Gasteiger partial charge in [0.1, 0.15) is 11.9 Å². The molecular formula is C33H30ClF3N4O5. The standard InChI is InChI=1S/C33H30ClF3N4O5/c1-17-10-20(30(42)43)6-8-24(17)19-7-9-28(45-5)25(13-19)26-15-38-31(40(3)4)39-27(26)16-41-18(2)29(46-32(41)44)21-11-22(33(35,36)37)14-23(34)12-21/h6-15,18,29H,16H2,1-5H3,(H,42,43)/t18-,29-/m0/s1. The van der Waals surface area contributed by atoms with Crippen molar-refractivity contribution < 1.29 is 37.3 Å². The number of nitrogens with zero attached hydrogens (tertiary/aromatic N) is 4. The molecule has 0 saturated carbocycles. The van der Waals surface area contributed by atoms with Gasteiger partial charge < -0.3 is 19.5 Å². The Labute approximate surface area is 268 Å². The number of alkyl halides is 3. The van der Waals surface area contributed by atoms with E-state index in [4.69, 9.17) is 26.1 Å². The van der Waals surface area contributed by atoms with Crippen LogP contribution in [0.3, 0.4) is 0 Å². The normalized spacial score (nSPS) is 16.4. The van der Waals surface area contributed by atoms with E-state index in [0.717, 1.165) is 28.8 Å². The van der Waals surface area contributed by atoms with Gasteiger partial charge in [-0.3, -0.25) is 4.90 Å². The van der Waals surface area contributed by atoms with Gasteiger partial charge in [0.25, 0.3) is 0 Å². The highest BCUT2D eigenvalue weighted by Crippen LogP contribution is 2.41. The number of hydrogen-bond donors (Lipinski definition) is 1. The second-order valence-corrected chi connectivity index (χ2v) is 11.6. The number of aryl methyl sites for hydroxylation is 1. The zero-order valence-corrected chi connectivity index (χ0v) is 26.3. The molecule has 0 aliphatic carbocycles. The lowest BCUT2D eigenvalue weighted by Gasteiger charge is -2.23. The summed E-state index contributed by atoms with van der Waals surface area (Å²) in [7, 11) is 5.05. The number of benzene rings is 3. The second kappa shape index (κ2) is 12.5. The van der Waals surface area contributed by atoms with Gasteiger partial charge in [-0.2, -0.15) is 13.2 Å². The number of carboxylic acid groups (broad SMARTS) is 1. The van der Waals surface area contributed by atoms with Crippen molar-refractivity contribution >= 4 is 29.6 Å². The summed E-state index contributed by atoms with van der Waals surface area (Å²) in [6.07, 6.45) is -4.75. The van der Waals surface area contributed by atoms with Crippen LogP contribution in [0, 0.1) is 6.92 Å². The number of ether oxygens (including phenoxy) is 2. The van der Waals surface area contributed by atoms with Crippen molar-refractivity contribution in [2.24, 2.45) is 0 Å². The van der Waals surface area contributed by atoms with E-state index in [2.05, 4.69) is 4.98 Å². The zero-order valence-electron chi connectivity index (χ0n) is 25.5. The molecule has 46 heavy (non-hydrogen) atoms. The lowest BCUT2D eigenvalue weighted by molar-refractivity contribution is -0.137. The first-order valence-corrected chi connectivity index (χ1v) is 14.5. The van der Waals surface area contributed by atoms with Crippen LogP contribution in [0.5, 0.6) is 5.75 Å². The maximum atomic E-state index is 13.5. The Bertz CT molecular complexity index is 1830. The number of amides is 1. The van der Waals surface area contributed by atoms with E-state index in [-0.39, 0.29) is 22.7 Å². The van der Waals surface area contributed by atoms with Gasteiger partial charge in [0.15, 0.2) is 0 Å². The average Bonchev–Trinajstić information content (AvgIpc) is 3.28. The summed E-state index contributed by atoms with van der Waals surface area (Å²) in [6, 6.07) is 12.8. The smallest absolute Gasteiger partial charge is 0.416 e. The van der Waals surface area contributed by atoms with E-state index in [0.29, 0.717) is 28.5 Å². The summed E-state index contributed by atoms with van der Waals surface area (Å²) in [5, 5.41) is 9.27. The van der Waals surface area contributed by atoms with Crippen LogP contribution in [0.15, 0.2) is 60.8 Å². The summed E-state index contributed by atoms with van der Waals surface area (Å²) < 4.78 is 51.8. The van der Waals surface area contributed by atoms with Gasteiger partial charge in [-0.25, -0.2) is 19.6 Å². The largest absolute Gasteiger partial charge is 0.496 e. The first-order chi connectivity index (χ1) is 21.7. The summed E-state index contributed by atoms with van der Waals surface area (Å²) >= 11 is 6.02. The van der Waals surface area contributed by atoms with Gasteiger partial charge in [-0.05, 0) is 78.6 Å². The second-order valence-electron chi connectivity index (χ2n) is 11.1. The fraction of sp³-hybridized carbons (Fsp3) is 0.273. The van der Waals surface area contributed by atoms with E-state index in [1.165, 1.54) is 24.1 Å². The lowest BCUT2D eigenvalue weighted by atomic mass is 9.94. The number of methoxy groups -OCH3 is 1. The Kier molecular flexibility index (Phi) is 8.85. The first-order valence-electron chi connectivity index (χ1n) is 14.1. The number of hydrogen-bond acceptors (Lipinski definition) is 7. The molecule has 1 saturated heterocycles. The van der Waals surface area contributed by atoms with Crippen LogP contribution in [0.2, 0.25) is 5.02 Å². The van der Waals surface area contributed by atoms with Crippen molar-refractivity contribution in [3.63, 3.8) is 0 Å². The Balaban J connectivity index is 1.56. The number of carbonyl (C=O) groups is 2. The minimum Gasteiger partial charge on any atom is -0.496 e. The molecule has 5 rings (SSSR count). The maximum absolute atomic E-state index is 13.5. The van der Waals surface area contributed by atoms with E-state index < -0.39 is 35.9 Å². The fourth-order valence-electron chi connectivity index (χ4n) is 5.44. The molecule has 1 N–H and O–H groups in total. The molecule has 0 unspecified atom stereocenters. The molecule has 0 spiro atoms. The van der Waals surface area contributed by atoms with Crippen LogP contribution < -0.4 is 9.64 Å². The number of anilines is 1. The van der Waals surface area contributed by atoms with Gasteiger partial charge in [0.2, 0.25) is 5.95 Å². The molecule has 0 radical (unpaired) electrons. The minimum absolute atomic E-state index is 0.0540. The Morgan fingerprint density at radius 3 is 2.46 bits per heavy atom. The molecule has 240 valence electrons. The fourth-order valence-corrected chi connectivity index (χ4v) is 5.68. The Hall–Kier alpha value is -4.84. The van der Waals surface area contributed by atoms with Crippen molar-refractivity contribution in [2.45, 2.75) is 38.7 Å². The Morgan fingerprint density at radius 1 is 1.09 bits per heavy atom. The summed E-state index contributed by atoms with van der Waals surface area (Å²) in [5.74, 6) is -0.157. The Morgan fingerprint density at radius 2 is 1.83 bits per heavy atom. The molecule has 0 bridgehead atoms. The molecule has 1 amide bonds. The average molecular weight is 655 g/mol.